The lowest BCUT2D eigenvalue weighted by atomic mass is 10.3. The molecule has 26 heavy (non-hydrogen) atoms. The van der Waals surface area contributed by atoms with Crippen molar-refractivity contribution < 1.29 is 14.3 Å². The zero-order chi connectivity index (χ0) is 18.5. The van der Waals surface area contributed by atoms with Crippen molar-refractivity contribution in [2.75, 3.05) is 40.5 Å². The normalized spacial score (nSPS) is 11.2. The Morgan fingerprint density at radius 3 is 2.42 bits per heavy atom. The van der Waals surface area contributed by atoms with E-state index in [4.69, 9.17) is 9.47 Å². The number of amides is 1. The lowest BCUT2D eigenvalue weighted by Gasteiger charge is -2.21. The third-order valence-electron chi connectivity index (χ3n) is 4.17. The number of hydrogen-bond donors (Lipinski definition) is 0. The molecule has 0 N–H and O–H groups in total. The number of hydrogen-bond acceptors (Lipinski definition) is 5. The van der Waals surface area contributed by atoms with Gasteiger partial charge in [0.2, 0.25) is 0 Å². The standard InChI is InChI=1S/C19H23N3O3S/c1-14-16-13-17(18(23)21(9-11-24-2)10-12-25-3)26-19(16)22(20-14)15-7-5-4-6-8-15/h4-8,13H,9-12H2,1-3H3. The van der Waals surface area contributed by atoms with E-state index in [1.807, 2.05) is 48.0 Å². The van der Waals surface area contributed by atoms with Gasteiger partial charge in [0.25, 0.3) is 5.91 Å². The van der Waals surface area contributed by atoms with Crippen LogP contribution in [0, 0.1) is 6.92 Å². The molecular weight excluding hydrogens is 350 g/mol. The molecule has 0 aliphatic carbocycles. The van der Waals surface area contributed by atoms with Crippen LogP contribution in [-0.4, -0.2) is 61.1 Å². The third-order valence-corrected chi connectivity index (χ3v) is 5.27. The van der Waals surface area contributed by atoms with Crippen LogP contribution in [0.5, 0.6) is 0 Å². The van der Waals surface area contributed by atoms with Crippen LogP contribution in [-0.2, 0) is 9.47 Å². The van der Waals surface area contributed by atoms with Gasteiger partial charge in [0.05, 0.1) is 29.5 Å². The monoisotopic (exact) mass is 373 g/mol. The summed E-state index contributed by atoms with van der Waals surface area (Å²) in [5.74, 6) is -0.000637. The maximum absolute atomic E-state index is 13.0. The summed E-state index contributed by atoms with van der Waals surface area (Å²) in [6, 6.07) is 11.9. The zero-order valence-electron chi connectivity index (χ0n) is 15.3. The van der Waals surface area contributed by atoms with Gasteiger partial charge >= 0.3 is 0 Å². The highest BCUT2D eigenvalue weighted by molar-refractivity contribution is 7.20. The summed E-state index contributed by atoms with van der Waals surface area (Å²) < 4.78 is 12.2. The van der Waals surface area contributed by atoms with E-state index in [0.717, 1.165) is 21.6 Å². The van der Waals surface area contributed by atoms with Gasteiger partial charge in [-0.1, -0.05) is 18.2 Å². The Morgan fingerprint density at radius 1 is 1.15 bits per heavy atom. The van der Waals surface area contributed by atoms with Crippen LogP contribution in [0.3, 0.4) is 0 Å². The maximum Gasteiger partial charge on any atom is 0.264 e. The molecule has 0 radical (unpaired) electrons. The molecule has 0 fully saturated rings. The Kier molecular flexibility index (Phi) is 6.03. The fourth-order valence-corrected chi connectivity index (χ4v) is 3.92. The number of para-hydroxylation sites is 1. The highest BCUT2D eigenvalue weighted by atomic mass is 32.1. The van der Waals surface area contributed by atoms with Crippen LogP contribution in [0.15, 0.2) is 36.4 Å². The highest BCUT2D eigenvalue weighted by Crippen LogP contribution is 2.31. The van der Waals surface area contributed by atoms with E-state index in [1.54, 1.807) is 19.1 Å². The topological polar surface area (TPSA) is 56.6 Å². The van der Waals surface area contributed by atoms with Crippen LogP contribution in [0.1, 0.15) is 15.4 Å². The molecule has 1 amide bonds. The van der Waals surface area contributed by atoms with Crippen LogP contribution in [0.2, 0.25) is 0 Å². The third kappa shape index (κ3) is 3.80. The molecule has 0 aliphatic rings. The van der Waals surface area contributed by atoms with E-state index >= 15 is 0 Å². The van der Waals surface area contributed by atoms with Gasteiger partial charge in [0.1, 0.15) is 4.83 Å². The van der Waals surface area contributed by atoms with Crippen molar-refractivity contribution in [3.05, 3.63) is 47.0 Å². The molecule has 0 bridgehead atoms. The van der Waals surface area contributed by atoms with Gasteiger partial charge < -0.3 is 14.4 Å². The number of carbonyl (C=O) groups is 1. The molecule has 2 aromatic heterocycles. The van der Waals surface area contributed by atoms with Gasteiger partial charge in [-0.05, 0) is 25.1 Å². The SMILES string of the molecule is COCCN(CCOC)C(=O)c1cc2c(C)nn(-c3ccccc3)c2s1. The minimum atomic E-state index is -0.000637. The van der Waals surface area contributed by atoms with Crippen molar-refractivity contribution in [1.29, 1.82) is 0 Å². The second-order valence-electron chi connectivity index (χ2n) is 5.94. The molecular formula is C19H23N3O3S. The van der Waals surface area contributed by atoms with E-state index in [-0.39, 0.29) is 5.91 Å². The number of aromatic nitrogens is 2. The van der Waals surface area contributed by atoms with Gasteiger partial charge in [-0.15, -0.1) is 11.3 Å². The molecule has 0 saturated carbocycles. The second kappa shape index (κ2) is 8.44. The van der Waals surface area contributed by atoms with Crippen molar-refractivity contribution in [3.63, 3.8) is 0 Å². The van der Waals surface area contributed by atoms with Crippen LogP contribution in [0.4, 0.5) is 0 Å². The molecule has 138 valence electrons. The molecule has 3 aromatic rings. The summed E-state index contributed by atoms with van der Waals surface area (Å²) in [4.78, 5) is 16.4. The first-order valence-electron chi connectivity index (χ1n) is 8.47. The average Bonchev–Trinajstić information content (AvgIpc) is 3.23. The van der Waals surface area contributed by atoms with E-state index in [9.17, 15) is 4.79 Å². The fraction of sp³-hybridized carbons (Fsp3) is 0.368. The number of fused-ring (bicyclic) bond motifs is 1. The average molecular weight is 373 g/mol. The first-order chi connectivity index (χ1) is 12.7. The Balaban J connectivity index is 1.93. The predicted molar refractivity (Wildman–Crippen MR) is 103 cm³/mol. The van der Waals surface area contributed by atoms with Gasteiger partial charge in [-0.3, -0.25) is 4.79 Å². The Bertz CT molecular complexity index is 865. The van der Waals surface area contributed by atoms with Gasteiger partial charge in [0, 0.05) is 32.7 Å². The molecule has 0 atom stereocenters. The highest BCUT2D eigenvalue weighted by Gasteiger charge is 2.21. The maximum atomic E-state index is 13.0. The van der Waals surface area contributed by atoms with Crippen molar-refractivity contribution in [2.45, 2.75) is 6.92 Å². The molecule has 6 nitrogen and oxygen atoms in total. The summed E-state index contributed by atoms with van der Waals surface area (Å²) in [5.41, 5.74) is 1.90. The van der Waals surface area contributed by atoms with Crippen molar-refractivity contribution in [1.82, 2.24) is 14.7 Å². The van der Waals surface area contributed by atoms with E-state index < -0.39 is 0 Å². The van der Waals surface area contributed by atoms with E-state index in [0.29, 0.717) is 31.2 Å². The lowest BCUT2D eigenvalue weighted by Crippen LogP contribution is -2.36. The van der Waals surface area contributed by atoms with Crippen molar-refractivity contribution in [2.24, 2.45) is 0 Å². The number of benzene rings is 1. The van der Waals surface area contributed by atoms with Crippen molar-refractivity contribution in [3.8, 4) is 5.69 Å². The molecule has 0 aliphatic heterocycles. The fourth-order valence-electron chi connectivity index (χ4n) is 2.77. The minimum absolute atomic E-state index is 0.000637. The second-order valence-corrected chi connectivity index (χ2v) is 6.97. The molecule has 0 unspecified atom stereocenters. The number of rotatable bonds is 8. The Labute approximate surface area is 156 Å². The molecule has 2 heterocycles. The van der Waals surface area contributed by atoms with Gasteiger partial charge in [0.15, 0.2) is 0 Å². The molecule has 0 saturated heterocycles. The van der Waals surface area contributed by atoms with Crippen LogP contribution < -0.4 is 0 Å². The molecule has 0 spiro atoms. The van der Waals surface area contributed by atoms with Gasteiger partial charge in [-0.2, -0.15) is 5.10 Å². The molecule has 7 heteroatoms. The Morgan fingerprint density at radius 2 is 1.81 bits per heavy atom. The van der Waals surface area contributed by atoms with E-state index in [2.05, 4.69) is 5.10 Å². The number of aryl methyl sites for hydroxylation is 1. The quantitative estimate of drug-likeness (QED) is 0.609. The number of nitrogens with zero attached hydrogens (tertiary/aromatic N) is 3. The predicted octanol–water partition coefficient (Wildman–Crippen LogP) is 3.13. The first-order valence-corrected chi connectivity index (χ1v) is 9.29. The lowest BCUT2D eigenvalue weighted by molar-refractivity contribution is 0.0632. The van der Waals surface area contributed by atoms with Crippen molar-refractivity contribution >= 4 is 27.5 Å². The molecule has 1 aromatic carbocycles. The van der Waals surface area contributed by atoms with Crippen LogP contribution in [0.25, 0.3) is 15.9 Å². The number of carbonyl (C=O) groups excluding carboxylic acids is 1. The van der Waals surface area contributed by atoms with Crippen LogP contribution >= 0.6 is 11.3 Å². The zero-order valence-corrected chi connectivity index (χ0v) is 16.1. The first kappa shape index (κ1) is 18.6. The summed E-state index contributed by atoms with van der Waals surface area (Å²) in [6.07, 6.45) is 0. The summed E-state index contributed by atoms with van der Waals surface area (Å²) >= 11 is 1.47. The Hall–Kier alpha value is -2.22. The molecule has 3 rings (SSSR count). The number of thiophene rings is 1. The number of methoxy groups -OCH3 is 2. The van der Waals surface area contributed by atoms with Gasteiger partial charge in [-0.25, -0.2) is 4.68 Å². The number of ether oxygens (including phenoxy) is 2. The summed E-state index contributed by atoms with van der Waals surface area (Å²) in [7, 11) is 3.27. The summed E-state index contributed by atoms with van der Waals surface area (Å²) in [6.45, 7) is 4.04. The summed E-state index contributed by atoms with van der Waals surface area (Å²) in [5, 5.41) is 5.64. The largest absolute Gasteiger partial charge is 0.383 e. The smallest absolute Gasteiger partial charge is 0.264 e. The van der Waals surface area contributed by atoms with E-state index in [1.165, 1.54) is 11.3 Å². The minimum Gasteiger partial charge on any atom is -0.383 e.